The summed E-state index contributed by atoms with van der Waals surface area (Å²) in [5.41, 5.74) is 2.11. The van der Waals surface area contributed by atoms with Crippen molar-refractivity contribution in [2.24, 2.45) is 10.2 Å². The molecular formula is C20H22N4O. The third-order valence-corrected chi connectivity index (χ3v) is 5.20. The number of hydrogen-bond donors (Lipinski definition) is 0. The fourth-order valence-corrected chi connectivity index (χ4v) is 3.70. The molecule has 0 fully saturated rings. The zero-order valence-corrected chi connectivity index (χ0v) is 14.3. The molecule has 1 amide bonds. The first kappa shape index (κ1) is 15.9. The van der Waals surface area contributed by atoms with Gasteiger partial charge in [-0.15, -0.1) is 12.3 Å². The zero-order chi connectivity index (χ0) is 17.3. The predicted octanol–water partition coefficient (Wildman–Crippen LogP) is 3.73. The SMILES string of the molecule is C#CCCC1(CCC(=O)N2CCCn3c(cc4ccccc43)C2)N=N1. The number of carbonyl (C=O) groups excluding carboxylic acids is 1. The van der Waals surface area contributed by atoms with E-state index in [-0.39, 0.29) is 11.6 Å². The van der Waals surface area contributed by atoms with E-state index in [4.69, 9.17) is 6.42 Å². The molecule has 0 spiro atoms. The van der Waals surface area contributed by atoms with Crippen LogP contribution in [0.25, 0.3) is 10.9 Å². The molecule has 0 bridgehead atoms. The number of para-hydroxylation sites is 1. The molecule has 5 heteroatoms. The Labute approximate surface area is 147 Å². The van der Waals surface area contributed by atoms with Crippen LogP contribution in [0, 0.1) is 12.3 Å². The summed E-state index contributed by atoms with van der Waals surface area (Å²) in [6.45, 7) is 2.45. The van der Waals surface area contributed by atoms with Crippen molar-refractivity contribution in [2.45, 2.75) is 50.9 Å². The summed E-state index contributed by atoms with van der Waals surface area (Å²) in [7, 11) is 0. The van der Waals surface area contributed by atoms with Gasteiger partial charge in [0.25, 0.3) is 0 Å². The van der Waals surface area contributed by atoms with E-state index in [1.54, 1.807) is 0 Å². The number of benzene rings is 1. The normalized spacial score (nSPS) is 17.8. The van der Waals surface area contributed by atoms with Crippen molar-refractivity contribution in [3.8, 4) is 12.3 Å². The van der Waals surface area contributed by atoms with Gasteiger partial charge in [-0.2, -0.15) is 10.2 Å². The van der Waals surface area contributed by atoms with Gasteiger partial charge < -0.3 is 9.47 Å². The molecule has 128 valence electrons. The van der Waals surface area contributed by atoms with Gasteiger partial charge in [0, 0.05) is 50.0 Å². The van der Waals surface area contributed by atoms with Crippen molar-refractivity contribution in [3.05, 3.63) is 36.0 Å². The van der Waals surface area contributed by atoms with E-state index in [2.05, 4.69) is 51.0 Å². The summed E-state index contributed by atoms with van der Waals surface area (Å²) in [4.78, 5) is 14.7. The summed E-state index contributed by atoms with van der Waals surface area (Å²) in [5.74, 6) is 2.82. The van der Waals surface area contributed by atoms with Crippen molar-refractivity contribution >= 4 is 16.8 Å². The number of aryl methyl sites for hydroxylation is 1. The lowest BCUT2D eigenvalue weighted by Gasteiger charge is -2.21. The minimum atomic E-state index is -0.372. The number of rotatable bonds is 5. The molecule has 5 nitrogen and oxygen atoms in total. The lowest BCUT2D eigenvalue weighted by atomic mass is 10.0. The number of hydrogen-bond acceptors (Lipinski definition) is 3. The standard InChI is InChI=1S/C20H22N4O/c1-2-3-10-20(21-22-20)11-9-19(25)23-12-6-13-24-17(15-23)14-16-7-4-5-8-18(16)24/h1,4-5,7-8,14H,3,6,9-13,15H2. The summed E-state index contributed by atoms with van der Waals surface area (Å²) in [6, 6.07) is 10.6. The maximum atomic E-state index is 12.7. The van der Waals surface area contributed by atoms with Gasteiger partial charge in [-0.05, 0) is 23.9 Å². The van der Waals surface area contributed by atoms with E-state index < -0.39 is 0 Å². The molecule has 3 heterocycles. The first-order valence-electron chi connectivity index (χ1n) is 8.93. The Morgan fingerprint density at radius 3 is 2.88 bits per heavy atom. The predicted molar refractivity (Wildman–Crippen MR) is 96.9 cm³/mol. The number of nitrogens with zero attached hydrogens (tertiary/aromatic N) is 4. The Bertz CT molecular complexity index is 867. The van der Waals surface area contributed by atoms with E-state index in [0.717, 1.165) is 25.9 Å². The van der Waals surface area contributed by atoms with E-state index in [9.17, 15) is 4.79 Å². The number of fused-ring (bicyclic) bond motifs is 3. The largest absolute Gasteiger partial charge is 0.343 e. The summed E-state index contributed by atoms with van der Waals surface area (Å²) in [6.07, 6.45) is 8.87. The van der Waals surface area contributed by atoms with Crippen LogP contribution in [0.15, 0.2) is 40.6 Å². The van der Waals surface area contributed by atoms with Crippen LogP contribution in [0.4, 0.5) is 0 Å². The molecule has 1 aromatic heterocycles. The molecule has 0 saturated heterocycles. The fourth-order valence-electron chi connectivity index (χ4n) is 3.70. The maximum Gasteiger partial charge on any atom is 0.223 e. The minimum absolute atomic E-state index is 0.191. The van der Waals surface area contributed by atoms with Crippen LogP contribution in [0.1, 0.15) is 37.8 Å². The second-order valence-electron chi connectivity index (χ2n) is 6.90. The van der Waals surface area contributed by atoms with E-state index in [1.165, 1.54) is 16.6 Å². The molecule has 0 N–H and O–H groups in total. The molecular weight excluding hydrogens is 312 g/mol. The maximum absolute atomic E-state index is 12.7. The highest BCUT2D eigenvalue weighted by Gasteiger charge is 2.39. The Kier molecular flexibility index (Phi) is 4.04. The zero-order valence-electron chi connectivity index (χ0n) is 14.3. The van der Waals surface area contributed by atoms with Crippen molar-refractivity contribution < 1.29 is 4.79 Å². The number of aromatic nitrogens is 1. The lowest BCUT2D eigenvalue weighted by molar-refractivity contribution is -0.132. The molecule has 0 atom stereocenters. The van der Waals surface area contributed by atoms with Crippen LogP contribution in [-0.2, 0) is 17.9 Å². The minimum Gasteiger partial charge on any atom is -0.343 e. The van der Waals surface area contributed by atoms with Crippen LogP contribution in [-0.4, -0.2) is 27.6 Å². The number of amides is 1. The highest BCUT2D eigenvalue weighted by Crippen LogP contribution is 2.37. The molecule has 0 unspecified atom stereocenters. The smallest absolute Gasteiger partial charge is 0.223 e. The van der Waals surface area contributed by atoms with Crippen molar-refractivity contribution in [1.29, 1.82) is 0 Å². The van der Waals surface area contributed by atoms with E-state index in [1.807, 2.05) is 4.90 Å². The quantitative estimate of drug-likeness (QED) is 0.769. The summed E-state index contributed by atoms with van der Waals surface area (Å²) >= 11 is 0. The molecule has 2 aliphatic heterocycles. The van der Waals surface area contributed by atoms with Crippen LogP contribution < -0.4 is 0 Å². The van der Waals surface area contributed by atoms with Gasteiger partial charge in [-0.1, -0.05) is 18.2 Å². The third kappa shape index (κ3) is 3.17. The molecule has 25 heavy (non-hydrogen) atoms. The Morgan fingerprint density at radius 1 is 1.24 bits per heavy atom. The second kappa shape index (κ2) is 6.36. The van der Waals surface area contributed by atoms with Crippen molar-refractivity contribution in [2.75, 3.05) is 6.54 Å². The van der Waals surface area contributed by atoms with Crippen LogP contribution >= 0.6 is 0 Å². The molecule has 0 saturated carbocycles. The van der Waals surface area contributed by atoms with E-state index >= 15 is 0 Å². The topological polar surface area (TPSA) is 50.0 Å². The van der Waals surface area contributed by atoms with E-state index in [0.29, 0.717) is 25.8 Å². The van der Waals surface area contributed by atoms with Gasteiger partial charge in [0.1, 0.15) is 0 Å². The Morgan fingerprint density at radius 2 is 2.08 bits per heavy atom. The summed E-state index contributed by atoms with van der Waals surface area (Å²) in [5, 5.41) is 9.50. The van der Waals surface area contributed by atoms with Gasteiger partial charge in [-0.25, -0.2) is 0 Å². The van der Waals surface area contributed by atoms with Gasteiger partial charge in [-0.3, -0.25) is 4.79 Å². The summed E-state index contributed by atoms with van der Waals surface area (Å²) < 4.78 is 2.35. The molecule has 2 aliphatic rings. The third-order valence-electron chi connectivity index (χ3n) is 5.20. The Hall–Kier alpha value is -2.61. The first-order valence-corrected chi connectivity index (χ1v) is 8.93. The van der Waals surface area contributed by atoms with Crippen molar-refractivity contribution in [3.63, 3.8) is 0 Å². The highest BCUT2D eigenvalue weighted by atomic mass is 16.2. The van der Waals surface area contributed by atoms with Gasteiger partial charge >= 0.3 is 0 Å². The van der Waals surface area contributed by atoms with Crippen LogP contribution in [0.3, 0.4) is 0 Å². The van der Waals surface area contributed by atoms with Gasteiger partial charge in [0.2, 0.25) is 5.91 Å². The molecule has 4 rings (SSSR count). The van der Waals surface area contributed by atoms with Crippen LogP contribution in [0.5, 0.6) is 0 Å². The average Bonchev–Trinajstić information content (AvgIpc) is 3.37. The first-order chi connectivity index (χ1) is 12.2. The fraction of sp³-hybridized carbons (Fsp3) is 0.450. The highest BCUT2D eigenvalue weighted by molar-refractivity contribution is 5.82. The molecule has 0 aliphatic carbocycles. The molecule has 2 aromatic rings. The second-order valence-corrected chi connectivity index (χ2v) is 6.90. The van der Waals surface area contributed by atoms with Gasteiger partial charge in [0.05, 0.1) is 6.54 Å². The molecule has 1 aromatic carbocycles. The van der Waals surface area contributed by atoms with Crippen LogP contribution in [0.2, 0.25) is 0 Å². The van der Waals surface area contributed by atoms with Crippen molar-refractivity contribution in [1.82, 2.24) is 9.47 Å². The lowest BCUT2D eigenvalue weighted by Crippen LogP contribution is -2.31. The van der Waals surface area contributed by atoms with Gasteiger partial charge in [0.15, 0.2) is 5.66 Å². The molecule has 0 radical (unpaired) electrons. The number of terminal acetylenes is 1. The Balaban J connectivity index is 1.43. The average molecular weight is 334 g/mol. The number of carbonyl (C=O) groups is 1. The monoisotopic (exact) mass is 334 g/mol.